The summed E-state index contributed by atoms with van der Waals surface area (Å²) < 4.78 is 5.44. The van der Waals surface area contributed by atoms with E-state index >= 15 is 0 Å². The molecule has 0 bridgehead atoms. The molecule has 2 fully saturated rings. The highest BCUT2D eigenvalue weighted by Gasteiger charge is 2.23. The summed E-state index contributed by atoms with van der Waals surface area (Å²) >= 11 is 0. The number of nitrogens with one attached hydrogen (secondary N) is 2. The second kappa shape index (κ2) is 11.1. The van der Waals surface area contributed by atoms with Gasteiger partial charge in [0.15, 0.2) is 0 Å². The molecule has 3 aromatic rings. The summed E-state index contributed by atoms with van der Waals surface area (Å²) in [6.45, 7) is 7.79. The first-order chi connectivity index (χ1) is 18.1. The predicted molar refractivity (Wildman–Crippen MR) is 143 cm³/mol. The molecule has 10 heteroatoms. The minimum absolute atomic E-state index is 0.147. The average Bonchev–Trinajstić information content (AvgIpc) is 2.94. The number of rotatable bonds is 5. The predicted octanol–water partition coefficient (Wildman–Crippen LogP) is 3.59. The quantitative estimate of drug-likeness (QED) is 0.549. The minimum atomic E-state index is -0.147. The van der Waals surface area contributed by atoms with Crippen LogP contribution in [0.5, 0.6) is 0 Å². The molecule has 5 rings (SSSR count). The number of hydrogen-bond donors (Lipinski definition) is 2. The number of nitriles is 1. The Labute approximate surface area is 216 Å². The molecule has 1 aromatic heterocycles. The maximum absolute atomic E-state index is 12.7. The first-order valence-electron chi connectivity index (χ1n) is 12.4. The van der Waals surface area contributed by atoms with Crippen molar-refractivity contribution in [3.8, 4) is 6.07 Å². The monoisotopic (exact) mass is 498 g/mol. The summed E-state index contributed by atoms with van der Waals surface area (Å²) in [5, 5.41) is 15.2. The minimum Gasteiger partial charge on any atom is -0.378 e. The van der Waals surface area contributed by atoms with Crippen molar-refractivity contribution in [3.63, 3.8) is 0 Å². The number of nitrogens with zero attached hydrogens (tertiary/aromatic N) is 6. The number of carbonyl (C=O) groups excluding carboxylic acids is 1. The lowest BCUT2D eigenvalue weighted by atomic mass is 10.2. The Morgan fingerprint density at radius 3 is 2.24 bits per heavy atom. The normalized spacial score (nSPS) is 15.7. The Hall–Kier alpha value is -4.36. The second-order valence-corrected chi connectivity index (χ2v) is 9.06. The maximum atomic E-state index is 12.7. The van der Waals surface area contributed by atoms with E-state index in [1.54, 1.807) is 29.2 Å². The van der Waals surface area contributed by atoms with Crippen LogP contribution in [0.2, 0.25) is 0 Å². The van der Waals surface area contributed by atoms with Gasteiger partial charge in [0, 0.05) is 68.1 Å². The number of anilines is 5. The van der Waals surface area contributed by atoms with Gasteiger partial charge in [0.2, 0.25) is 5.95 Å². The summed E-state index contributed by atoms with van der Waals surface area (Å²) in [5.74, 6) is 1.39. The molecule has 2 aliphatic heterocycles. The average molecular weight is 499 g/mol. The Morgan fingerprint density at radius 2 is 1.57 bits per heavy atom. The van der Waals surface area contributed by atoms with Gasteiger partial charge in [0.1, 0.15) is 5.82 Å². The number of amides is 2. The number of ether oxygens (including phenoxy) is 1. The summed E-state index contributed by atoms with van der Waals surface area (Å²) in [5.41, 5.74) is 4.22. The lowest BCUT2D eigenvalue weighted by Crippen LogP contribution is -2.50. The standard InChI is InChI=1S/C27H30N8O2/c1-20-18-25(32-26(29-20)30-22-6-8-24(9-7-22)33-14-16-37-17-15-33)34-10-12-35(13-11-34)27(36)31-23-4-2-21(19-28)3-5-23/h2-9,18H,10-17H2,1H3,(H,31,36)(H,29,30,32). The summed E-state index contributed by atoms with van der Waals surface area (Å²) in [7, 11) is 0. The number of hydrogen-bond acceptors (Lipinski definition) is 8. The third-order valence-electron chi connectivity index (χ3n) is 6.50. The summed E-state index contributed by atoms with van der Waals surface area (Å²) in [6.07, 6.45) is 0. The number of urea groups is 1. The van der Waals surface area contributed by atoms with Crippen LogP contribution in [0.3, 0.4) is 0 Å². The Bertz CT molecular complexity index is 1260. The van der Waals surface area contributed by atoms with Crippen LogP contribution in [0, 0.1) is 18.3 Å². The fraction of sp³-hybridized carbons (Fsp3) is 0.333. The van der Waals surface area contributed by atoms with Crippen LogP contribution in [0.25, 0.3) is 0 Å². The van der Waals surface area contributed by atoms with Gasteiger partial charge in [0.25, 0.3) is 0 Å². The Balaban J connectivity index is 1.18. The van der Waals surface area contributed by atoms with E-state index < -0.39 is 0 Å². The SMILES string of the molecule is Cc1cc(N2CCN(C(=O)Nc3ccc(C#N)cc3)CC2)nc(Nc2ccc(N3CCOCC3)cc2)n1. The van der Waals surface area contributed by atoms with E-state index in [9.17, 15) is 4.79 Å². The molecule has 0 spiro atoms. The van der Waals surface area contributed by atoms with E-state index in [2.05, 4.69) is 43.6 Å². The van der Waals surface area contributed by atoms with Gasteiger partial charge in [-0.25, -0.2) is 9.78 Å². The fourth-order valence-corrected chi connectivity index (χ4v) is 4.45. The van der Waals surface area contributed by atoms with Gasteiger partial charge in [-0.3, -0.25) is 0 Å². The van der Waals surface area contributed by atoms with E-state index in [0.29, 0.717) is 43.4 Å². The molecular weight excluding hydrogens is 468 g/mol. The van der Waals surface area contributed by atoms with Crippen molar-refractivity contribution >= 4 is 34.9 Å². The highest BCUT2D eigenvalue weighted by Crippen LogP contribution is 2.23. The third kappa shape index (κ3) is 6.08. The van der Waals surface area contributed by atoms with Gasteiger partial charge in [0.05, 0.1) is 24.8 Å². The molecular formula is C27H30N8O2. The van der Waals surface area contributed by atoms with Gasteiger partial charge in [-0.1, -0.05) is 0 Å². The fourth-order valence-electron chi connectivity index (χ4n) is 4.45. The molecule has 2 saturated heterocycles. The molecule has 0 unspecified atom stereocenters. The molecule has 37 heavy (non-hydrogen) atoms. The number of carbonyl (C=O) groups is 1. The Morgan fingerprint density at radius 1 is 0.892 bits per heavy atom. The molecule has 0 atom stereocenters. The van der Waals surface area contributed by atoms with E-state index in [0.717, 1.165) is 43.5 Å². The first kappa shape index (κ1) is 24.3. The molecule has 0 aliphatic carbocycles. The van der Waals surface area contributed by atoms with Crippen molar-refractivity contribution in [1.29, 1.82) is 5.26 Å². The smallest absolute Gasteiger partial charge is 0.321 e. The van der Waals surface area contributed by atoms with Crippen molar-refractivity contribution in [2.24, 2.45) is 0 Å². The molecule has 2 N–H and O–H groups in total. The van der Waals surface area contributed by atoms with Crippen molar-refractivity contribution in [2.45, 2.75) is 6.92 Å². The van der Waals surface area contributed by atoms with E-state index in [1.807, 2.05) is 25.1 Å². The number of aromatic nitrogens is 2. The van der Waals surface area contributed by atoms with Crippen LogP contribution >= 0.6 is 0 Å². The zero-order valence-corrected chi connectivity index (χ0v) is 20.9. The van der Waals surface area contributed by atoms with E-state index in [1.165, 1.54) is 5.69 Å². The van der Waals surface area contributed by atoms with Crippen LogP contribution in [0.4, 0.5) is 33.6 Å². The zero-order chi connectivity index (χ0) is 25.6. The molecule has 2 aromatic carbocycles. The van der Waals surface area contributed by atoms with Crippen molar-refractivity contribution < 1.29 is 9.53 Å². The van der Waals surface area contributed by atoms with Crippen LogP contribution in [-0.4, -0.2) is 73.4 Å². The summed E-state index contributed by atoms with van der Waals surface area (Å²) in [6, 6.07) is 19.0. The third-order valence-corrected chi connectivity index (χ3v) is 6.50. The van der Waals surface area contributed by atoms with Gasteiger partial charge in [-0.15, -0.1) is 0 Å². The molecule has 2 aliphatic rings. The lowest BCUT2D eigenvalue weighted by Gasteiger charge is -2.35. The van der Waals surface area contributed by atoms with Crippen LogP contribution in [-0.2, 0) is 4.74 Å². The van der Waals surface area contributed by atoms with Crippen molar-refractivity contribution in [2.75, 3.05) is 72.9 Å². The lowest BCUT2D eigenvalue weighted by molar-refractivity contribution is 0.122. The highest BCUT2D eigenvalue weighted by molar-refractivity contribution is 5.89. The second-order valence-electron chi connectivity index (χ2n) is 9.06. The molecule has 10 nitrogen and oxygen atoms in total. The molecule has 2 amide bonds. The first-order valence-corrected chi connectivity index (χ1v) is 12.4. The van der Waals surface area contributed by atoms with Crippen LogP contribution in [0.1, 0.15) is 11.3 Å². The highest BCUT2D eigenvalue weighted by atomic mass is 16.5. The molecule has 0 radical (unpaired) electrons. The topological polar surface area (TPSA) is 110 Å². The van der Waals surface area contributed by atoms with Gasteiger partial charge in [-0.05, 0) is 55.5 Å². The zero-order valence-electron chi connectivity index (χ0n) is 20.9. The maximum Gasteiger partial charge on any atom is 0.321 e. The summed E-state index contributed by atoms with van der Waals surface area (Å²) in [4.78, 5) is 28.3. The Kier molecular flexibility index (Phi) is 7.33. The van der Waals surface area contributed by atoms with Crippen LogP contribution in [0.15, 0.2) is 54.6 Å². The molecule has 3 heterocycles. The van der Waals surface area contributed by atoms with Gasteiger partial charge >= 0.3 is 6.03 Å². The molecule has 190 valence electrons. The number of morpholine rings is 1. The number of aryl methyl sites for hydroxylation is 1. The van der Waals surface area contributed by atoms with Crippen LogP contribution < -0.4 is 20.4 Å². The largest absolute Gasteiger partial charge is 0.378 e. The molecule has 0 saturated carbocycles. The van der Waals surface area contributed by atoms with Crippen molar-refractivity contribution in [1.82, 2.24) is 14.9 Å². The van der Waals surface area contributed by atoms with Gasteiger partial charge < -0.3 is 30.1 Å². The van der Waals surface area contributed by atoms with Crippen molar-refractivity contribution in [3.05, 3.63) is 65.9 Å². The number of benzene rings is 2. The van der Waals surface area contributed by atoms with E-state index in [4.69, 9.17) is 15.0 Å². The number of piperazine rings is 1. The van der Waals surface area contributed by atoms with E-state index in [-0.39, 0.29) is 6.03 Å². The van der Waals surface area contributed by atoms with Gasteiger partial charge in [-0.2, -0.15) is 10.2 Å².